The first kappa shape index (κ1) is 9.93. The third-order valence-corrected chi connectivity index (χ3v) is 2.47. The summed E-state index contributed by atoms with van der Waals surface area (Å²) in [6.45, 7) is 3.33. The molecular formula is C12H12O3. The van der Waals surface area contributed by atoms with E-state index < -0.39 is 5.60 Å². The summed E-state index contributed by atoms with van der Waals surface area (Å²) in [6, 6.07) is 7.41. The molecule has 1 unspecified atom stereocenters. The van der Waals surface area contributed by atoms with Crippen molar-refractivity contribution in [2.75, 3.05) is 0 Å². The fourth-order valence-corrected chi connectivity index (χ4v) is 1.52. The normalized spacial score (nSPS) is 15.1. The van der Waals surface area contributed by atoms with Gasteiger partial charge in [0.05, 0.1) is 0 Å². The maximum atomic E-state index is 10.7. The molecule has 0 fully saturated rings. The highest BCUT2D eigenvalue weighted by Gasteiger charge is 2.26. The minimum atomic E-state index is -1.55. The van der Waals surface area contributed by atoms with Crippen LogP contribution in [0.15, 0.2) is 28.7 Å². The third-order valence-electron chi connectivity index (χ3n) is 2.47. The van der Waals surface area contributed by atoms with E-state index in [9.17, 15) is 9.90 Å². The van der Waals surface area contributed by atoms with Crippen LogP contribution < -0.4 is 0 Å². The van der Waals surface area contributed by atoms with E-state index >= 15 is 0 Å². The molecule has 0 aliphatic carbocycles. The molecule has 0 radical (unpaired) electrons. The van der Waals surface area contributed by atoms with Gasteiger partial charge in [0.15, 0.2) is 11.9 Å². The number of hydrogen-bond donors (Lipinski definition) is 1. The SMILES string of the molecule is Cc1cccc2cc(C(C)(O)C=O)oc12. The second-order valence-corrected chi connectivity index (χ2v) is 3.87. The molecule has 1 heterocycles. The van der Waals surface area contributed by atoms with E-state index in [4.69, 9.17) is 4.42 Å². The number of fused-ring (bicyclic) bond motifs is 1. The lowest BCUT2D eigenvalue weighted by Crippen LogP contribution is -2.21. The molecule has 1 atom stereocenters. The van der Waals surface area contributed by atoms with Crippen LogP contribution in [0.5, 0.6) is 0 Å². The Labute approximate surface area is 87.3 Å². The maximum absolute atomic E-state index is 10.7. The summed E-state index contributed by atoms with van der Waals surface area (Å²) < 4.78 is 5.47. The predicted octanol–water partition coefficient (Wildman–Crippen LogP) is 2.15. The number of benzene rings is 1. The Bertz CT molecular complexity index is 509. The van der Waals surface area contributed by atoms with Gasteiger partial charge in [-0.05, 0) is 25.5 Å². The van der Waals surface area contributed by atoms with Gasteiger partial charge in [-0.1, -0.05) is 18.2 Å². The van der Waals surface area contributed by atoms with Crippen LogP contribution >= 0.6 is 0 Å². The molecule has 0 amide bonds. The smallest absolute Gasteiger partial charge is 0.174 e. The highest BCUT2D eigenvalue weighted by Crippen LogP contribution is 2.28. The van der Waals surface area contributed by atoms with Gasteiger partial charge in [-0.2, -0.15) is 0 Å². The zero-order chi connectivity index (χ0) is 11.1. The molecule has 0 saturated heterocycles. The van der Waals surface area contributed by atoms with Crippen LogP contribution in [0.3, 0.4) is 0 Å². The predicted molar refractivity (Wildman–Crippen MR) is 56.6 cm³/mol. The second kappa shape index (κ2) is 3.21. The van der Waals surface area contributed by atoms with Crippen LogP contribution in [0.2, 0.25) is 0 Å². The first-order chi connectivity index (χ1) is 7.04. The maximum Gasteiger partial charge on any atom is 0.174 e. The highest BCUT2D eigenvalue weighted by atomic mass is 16.4. The number of aryl methyl sites for hydroxylation is 1. The van der Waals surface area contributed by atoms with Crippen molar-refractivity contribution in [1.29, 1.82) is 0 Å². The van der Waals surface area contributed by atoms with Gasteiger partial charge < -0.3 is 9.52 Å². The van der Waals surface area contributed by atoms with Crippen molar-refractivity contribution in [2.24, 2.45) is 0 Å². The topological polar surface area (TPSA) is 50.4 Å². The number of carbonyl (C=O) groups excluding carboxylic acids is 1. The summed E-state index contributed by atoms with van der Waals surface area (Å²) in [5, 5.41) is 10.6. The Kier molecular flexibility index (Phi) is 2.12. The molecule has 0 spiro atoms. The van der Waals surface area contributed by atoms with Gasteiger partial charge in [0, 0.05) is 5.39 Å². The van der Waals surface area contributed by atoms with Crippen LogP contribution in [0.1, 0.15) is 18.2 Å². The van der Waals surface area contributed by atoms with Crippen molar-refractivity contribution in [3.05, 3.63) is 35.6 Å². The Hall–Kier alpha value is -1.61. The van der Waals surface area contributed by atoms with Gasteiger partial charge in [-0.3, -0.25) is 4.79 Å². The Morgan fingerprint density at radius 2 is 2.20 bits per heavy atom. The molecule has 1 N–H and O–H groups in total. The minimum absolute atomic E-state index is 0.279. The van der Waals surface area contributed by atoms with Crippen molar-refractivity contribution >= 4 is 17.3 Å². The molecule has 0 bridgehead atoms. The van der Waals surface area contributed by atoms with Crippen molar-refractivity contribution in [3.63, 3.8) is 0 Å². The van der Waals surface area contributed by atoms with E-state index in [2.05, 4.69) is 0 Å². The quantitative estimate of drug-likeness (QED) is 0.762. The van der Waals surface area contributed by atoms with Gasteiger partial charge in [0.1, 0.15) is 11.3 Å². The summed E-state index contributed by atoms with van der Waals surface area (Å²) in [6.07, 6.45) is 0.472. The average molecular weight is 204 g/mol. The summed E-state index contributed by atoms with van der Waals surface area (Å²) in [5.41, 5.74) is 0.154. The lowest BCUT2D eigenvalue weighted by molar-refractivity contribution is -0.124. The number of hydrogen-bond acceptors (Lipinski definition) is 3. The zero-order valence-corrected chi connectivity index (χ0v) is 8.65. The highest BCUT2D eigenvalue weighted by molar-refractivity contribution is 5.82. The van der Waals surface area contributed by atoms with Crippen molar-refractivity contribution in [1.82, 2.24) is 0 Å². The van der Waals surface area contributed by atoms with Crippen LogP contribution in [-0.4, -0.2) is 11.4 Å². The van der Waals surface area contributed by atoms with E-state index in [1.54, 1.807) is 6.07 Å². The molecule has 78 valence electrons. The number of furan rings is 1. The van der Waals surface area contributed by atoms with Gasteiger partial charge in [-0.25, -0.2) is 0 Å². The van der Waals surface area contributed by atoms with Crippen LogP contribution in [0.25, 0.3) is 11.0 Å². The molecule has 3 heteroatoms. The van der Waals surface area contributed by atoms with E-state index in [1.807, 2.05) is 25.1 Å². The molecule has 2 rings (SSSR count). The summed E-state index contributed by atoms with van der Waals surface area (Å²) in [7, 11) is 0. The molecule has 1 aromatic carbocycles. The number of para-hydroxylation sites is 1. The molecular weight excluding hydrogens is 192 g/mol. The summed E-state index contributed by atoms with van der Waals surface area (Å²) in [4.78, 5) is 10.7. The zero-order valence-electron chi connectivity index (χ0n) is 8.65. The Morgan fingerprint density at radius 1 is 1.47 bits per heavy atom. The molecule has 1 aromatic heterocycles. The largest absolute Gasteiger partial charge is 0.457 e. The summed E-state index contributed by atoms with van der Waals surface area (Å²) >= 11 is 0. The first-order valence-corrected chi connectivity index (χ1v) is 4.73. The minimum Gasteiger partial charge on any atom is -0.457 e. The number of rotatable bonds is 2. The fourth-order valence-electron chi connectivity index (χ4n) is 1.52. The molecule has 3 nitrogen and oxygen atoms in total. The standard InChI is InChI=1S/C12H12O3/c1-8-4-3-5-9-6-10(15-11(8)9)12(2,14)7-13/h3-7,14H,1-2H3. The number of aliphatic hydroxyl groups is 1. The molecule has 15 heavy (non-hydrogen) atoms. The first-order valence-electron chi connectivity index (χ1n) is 4.73. The lowest BCUT2D eigenvalue weighted by atomic mass is 10.1. The van der Waals surface area contributed by atoms with Gasteiger partial charge >= 0.3 is 0 Å². The molecule has 0 aliphatic heterocycles. The second-order valence-electron chi connectivity index (χ2n) is 3.87. The van der Waals surface area contributed by atoms with Gasteiger partial charge in [-0.15, -0.1) is 0 Å². The Morgan fingerprint density at radius 3 is 2.80 bits per heavy atom. The molecule has 0 aliphatic rings. The van der Waals surface area contributed by atoms with Crippen LogP contribution in [-0.2, 0) is 10.4 Å². The van der Waals surface area contributed by atoms with E-state index in [0.717, 1.165) is 16.5 Å². The van der Waals surface area contributed by atoms with Crippen molar-refractivity contribution < 1.29 is 14.3 Å². The van der Waals surface area contributed by atoms with E-state index in [-0.39, 0.29) is 5.76 Å². The lowest BCUT2D eigenvalue weighted by Gasteiger charge is -2.10. The Balaban J connectivity index is 2.67. The monoisotopic (exact) mass is 204 g/mol. The number of aldehydes is 1. The van der Waals surface area contributed by atoms with Gasteiger partial charge in [0.25, 0.3) is 0 Å². The van der Waals surface area contributed by atoms with E-state index in [1.165, 1.54) is 6.92 Å². The van der Waals surface area contributed by atoms with Crippen molar-refractivity contribution in [2.45, 2.75) is 19.4 Å². The number of carbonyl (C=O) groups is 1. The third kappa shape index (κ3) is 1.55. The van der Waals surface area contributed by atoms with Crippen molar-refractivity contribution in [3.8, 4) is 0 Å². The van der Waals surface area contributed by atoms with Crippen LogP contribution in [0, 0.1) is 6.92 Å². The van der Waals surface area contributed by atoms with E-state index in [0.29, 0.717) is 6.29 Å². The molecule has 0 saturated carbocycles. The fraction of sp³-hybridized carbons (Fsp3) is 0.250. The molecule has 2 aromatic rings. The van der Waals surface area contributed by atoms with Gasteiger partial charge in [0.2, 0.25) is 0 Å². The van der Waals surface area contributed by atoms with Crippen LogP contribution in [0.4, 0.5) is 0 Å². The summed E-state index contributed by atoms with van der Waals surface area (Å²) in [5.74, 6) is 0.279. The average Bonchev–Trinajstić information content (AvgIpc) is 2.64.